The van der Waals surface area contributed by atoms with Crippen LogP contribution in [0.15, 0.2) is 59.1 Å². The van der Waals surface area contributed by atoms with Crippen molar-refractivity contribution in [2.45, 2.75) is 12.5 Å². The van der Waals surface area contributed by atoms with Crippen LogP contribution in [0.5, 0.6) is 5.75 Å². The molecule has 0 spiro atoms. The van der Waals surface area contributed by atoms with E-state index in [4.69, 9.17) is 14.0 Å². The topological polar surface area (TPSA) is 64.8 Å². The van der Waals surface area contributed by atoms with Gasteiger partial charge in [-0.3, -0.25) is 4.79 Å². The van der Waals surface area contributed by atoms with Crippen LogP contribution in [0.25, 0.3) is 11.3 Å². The molecule has 0 bridgehead atoms. The van der Waals surface area contributed by atoms with Crippen LogP contribution in [0.1, 0.15) is 17.4 Å². The van der Waals surface area contributed by atoms with Gasteiger partial charge in [-0.2, -0.15) is 0 Å². The third-order valence-corrected chi connectivity index (χ3v) is 4.92. The predicted molar refractivity (Wildman–Crippen MR) is 104 cm³/mol. The molecule has 1 aliphatic heterocycles. The average molecular weight is 396 g/mol. The normalized spacial score (nSPS) is 16.6. The number of halogens is 1. The Hall–Kier alpha value is -3.19. The van der Waals surface area contributed by atoms with Crippen molar-refractivity contribution < 1.29 is 23.2 Å². The molecule has 1 unspecified atom stereocenters. The molecule has 0 saturated carbocycles. The molecule has 0 N–H and O–H groups in total. The Morgan fingerprint density at radius 2 is 2.10 bits per heavy atom. The Morgan fingerprint density at radius 3 is 2.93 bits per heavy atom. The van der Waals surface area contributed by atoms with Gasteiger partial charge < -0.3 is 18.9 Å². The van der Waals surface area contributed by atoms with Crippen LogP contribution < -0.4 is 4.74 Å². The van der Waals surface area contributed by atoms with Gasteiger partial charge in [-0.25, -0.2) is 4.39 Å². The minimum atomic E-state index is -0.474. The molecule has 3 aromatic rings. The summed E-state index contributed by atoms with van der Waals surface area (Å²) in [5, 5.41) is 4.02. The quantitative estimate of drug-likeness (QED) is 0.659. The smallest absolute Gasteiger partial charge is 0.228 e. The number of ether oxygens (including phenoxy) is 2. The second-order valence-corrected chi connectivity index (χ2v) is 6.81. The van der Waals surface area contributed by atoms with Gasteiger partial charge in [-0.05, 0) is 18.2 Å². The summed E-state index contributed by atoms with van der Waals surface area (Å²) in [7, 11) is 1.60. The fraction of sp³-hybridized carbons (Fsp3) is 0.273. The zero-order valence-electron chi connectivity index (χ0n) is 16.0. The van der Waals surface area contributed by atoms with Crippen molar-refractivity contribution in [2.24, 2.45) is 0 Å². The van der Waals surface area contributed by atoms with Crippen LogP contribution in [0.2, 0.25) is 0 Å². The summed E-state index contributed by atoms with van der Waals surface area (Å²) in [4.78, 5) is 14.4. The number of benzene rings is 2. The third-order valence-electron chi connectivity index (χ3n) is 4.92. The molecule has 6 nitrogen and oxygen atoms in total. The first-order valence-electron chi connectivity index (χ1n) is 9.38. The van der Waals surface area contributed by atoms with Gasteiger partial charge in [0.05, 0.1) is 32.4 Å². The number of carbonyl (C=O) groups excluding carboxylic acids is 1. The van der Waals surface area contributed by atoms with E-state index < -0.39 is 6.10 Å². The first-order chi connectivity index (χ1) is 14.1. The van der Waals surface area contributed by atoms with E-state index in [2.05, 4.69) is 5.16 Å². The molecule has 1 amide bonds. The summed E-state index contributed by atoms with van der Waals surface area (Å²) in [6, 6.07) is 15.7. The van der Waals surface area contributed by atoms with Crippen LogP contribution in [0.4, 0.5) is 4.39 Å². The van der Waals surface area contributed by atoms with Crippen LogP contribution >= 0.6 is 0 Å². The second-order valence-electron chi connectivity index (χ2n) is 6.81. The standard InChI is InChI=1S/C22H21FN2O4/c1-27-17-6-4-5-15(11-17)20-12-16(24-29-20)13-22(26)25-9-10-28-21(14-25)18-7-2-3-8-19(18)23/h2-8,11-12,21H,9-10,13-14H2,1H3. The van der Waals surface area contributed by atoms with Gasteiger partial charge in [0.15, 0.2) is 5.76 Å². The zero-order valence-corrected chi connectivity index (χ0v) is 16.0. The van der Waals surface area contributed by atoms with Crippen molar-refractivity contribution in [1.82, 2.24) is 10.1 Å². The van der Waals surface area contributed by atoms with Gasteiger partial charge in [0.2, 0.25) is 5.91 Å². The number of aromatic nitrogens is 1. The lowest BCUT2D eigenvalue weighted by Gasteiger charge is -2.33. The lowest BCUT2D eigenvalue weighted by Crippen LogP contribution is -2.43. The largest absolute Gasteiger partial charge is 0.497 e. The number of methoxy groups -OCH3 is 1. The van der Waals surface area contributed by atoms with Gasteiger partial charge in [0.1, 0.15) is 17.7 Å². The van der Waals surface area contributed by atoms with Gasteiger partial charge >= 0.3 is 0 Å². The zero-order chi connectivity index (χ0) is 20.2. The van der Waals surface area contributed by atoms with E-state index >= 15 is 0 Å². The highest BCUT2D eigenvalue weighted by Crippen LogP contribution is 2.26. The fourth-order valence-corrected chi connectivity index (χ4v) is 3.37. The fourth-order valence-electron chi connectivity index (χ4n) is 3.37. The second kappa shape index (κ2) is 8.45. The molecule has 1 aromatic heterocycles. The molecule has 1 saturated heterocycles. The summed E-state index contributed by atoms with van der Waals surface area (Å²) < 4.78 is 30.3. The van der Waals surface area contributed by atoms with Crippen molar-refractivity contribution >= 4 is 5.91 Å². The molecular formula is C22H21FN2O4. The molecular weight excluding hydrogens is 375 g/mol. The van der Waals surface area contributed by atoms with E-state index in [0.717, 1.165) is 5.56 Å². The first-order valence-corrected chi connectivity index (χ1v) is 9.38. The van der Waals surface area contributed by atoms with Crippen molar-refractivity contribution in [2.75, 3.05) is 26.8 Å². The SMILES string of the molecule is COc1cccc(-c2cc(CC(=O)N3CCOC(c4ccccc4F)C3)no2)c1. The van der Waals surface area contributed by atoms with Crippen LogP contribution in [-0.4, -0.2) is 42.8 Å². The van der Waals surface area contributed by atoms with Crippen molar-refractivity contribution in [1.29, 1.82) is 0 Å². The van der Waals surface area contributed by atoms with E-state index in [1.54, 1.807) is 36.3 Å². The number of hydrogen-bond donors (Lipinski definition) is 0. The number of hydrogen-bond acceptors (Lipinski definition) is 5. The Balaban J connectivity index is 1.43. The van der Waals surface area contributed by atoms with Gasteiger partial charge in [0.25, 0.3) is 0 Å². The summed E-state index contributed by atoms with van der Waals surface area (Å²) in [6.45, 7) is 1.13. The van der Waals surface area contributed by atoms with E-state index in [0.29, 0.717) is 42.5 Å². The molecule has 0 aliphatic carbocycles. The minimum Gasteiger partial charge on any atom is -0.497 e. The highest BCUT2D eigenvalue weighted by atomic mass is 19.1. The molecule has 1 atom stereocenters. The lowest BCUT2D eigenvalue weighted by molar-refractivity contribution is -0.138. The predicted octanol–water partition coefficient (Wildman–Crippen LogP) is 3.63. The minimum absolute atomic E-state index is 0.0971. The van der Waals surface area contributed by atoms with Gasteiger partial charge in [0, 0.05) is 23.7 Å². The molecule has 29 heavy (non-hydrogen) atoms. The summed E-state index contributed by atoms with van der Waals surface area (Å²) in [5.41, 5.74) is 1.83. The number of amides is 1. The summed E-state index contributed by atoms with van der Waals surface area (Å²) >= 11 is 0. The van der Waals surface area contributed by atoms with Gasteiger partial charge in [-0.1, -0.05) is 35.5 Å². The van der Waals surface area contributed by atoms with Crippen molar-refractivity contribution in [3.05, 3.63) is 71.7 Å². The average Bonchev–Trinajstić information content (AvgIpc) is 3.23. The highest BCUT2D eigenvalue weighted by molar-refractivity contribution is 5.79. The Labute approximate surface area is 167 Å². The number of nitrogens with zero attached hydrogens (tertiary/aromatic N) is 2. The van der Waals surface area contributed by atoms with E-state index in [-0.39, 0.29) is 18.1 Å². The summed E-state index contributed by atoms with van der Waals surface area (Å²) in [6.07, 6.45) is -0.365. The number of carbonyl (C=O) groups is 1. The Morgan fingerprint density at radius 1 is 1.24 bits per heavy atom. The molecule has 2 heterocycles. The molecule has 1 fully saturated rings. The van der Waals surface area contributed by atoms with E-state index in [9.17, 15) is 9.18 Å². The molecule has 0 radical (unpaired) electrons. The molecule has 2 aromatic carbocycles. The monoisotopic (exact) mass is 396 g/mol. The molecule has 150 valence electrons. The maximum Gasteiger partial charge on any atom is 0.228 e. The number of morpholine rings is 1. The van der Waals surface area contributed by atoms with Crippen LogP contribution in [0, 0.1) is 5.82 Å². The maximum absolute atomic E-state index is 14.1. The lowest BCUT2D eigenvalue weighted by atomic mass is 10.1. The highest BCUT2D eigenvalue weighted by Gasteiger charge is 2.27. The molecule has 7 heteroatoms. The van der Waals surface area contributed by atoms with Gasteiger partial charge in [-0.15, -0.1) is 0 Å². The van der Waals surface area contributed by atoms with Crippen molar-refractivity contribution in [3.63, 3.8) is 0 Å². The Kier molecular flexibility index (Phi) is 5.57. The van der Waals surface area contributed by atoms with Crippen molar-refractivity contribution in [3.8, 4) is 17.1 Å². The van der Waals surface area contributed by atoms with Crippen LogP contribution in [-0.2, 0) is 16.0 Å². The maximum atomic E-state index is 14.1. The summed E-state index contributed by atoms with van der Waals surface area (Å²) in [5.74, 6) is 0.855. The van der Waals surface area contributed by atoms with E-state index in [1.807, 2.05) is 24.3 Å². The molecule has 1 aliphatic rings. The third kappa shape index (κ3) is 4.30. The van der Waals surface area contributed by atoms with Crippen LogP contribution in [0.3, 0.4) is 0 Å². The Bertz CT molecular complexity index is 1000. The molecule has 4 rings (SSSR count). The van der Waals surface area contributed by atoms with E-state index in [1.165, 1.54) is 6.07 Å². The first kappa shape index (κ1) is 19.1. The number of rotatable bonds is 5.